The van der Waals surface area contributed by atoms with Crippen LogP contribution in [-0.4, -0.2) is 57.0 Å². The van der Waals surface area contributed by atoms with E-state index in [0.29, 0.717) is 25.3 Å². The van der Waals surface area contributed by atoms with Crippen LogP contribution in [0.5, 0.6) is 0 Å². The number of nitrogens with zero attached hydrogens (tertiary/aromatic N) is 2. The van der Waals surface area contributed by atoms with Crippen molar-refractivity contribution >= 4 is 21.9 Å². The van der Waals surface area contributed by atoms with E-state index in [9.17, 15) is 13.2 Å². The van der Waals surface area contributed by atoms with Crippen LogP contribution in [0.25, 0.3) is 0 Å². The zero-order valence-corrected chi connectivity index (χ0v) is 17.2. The van der Waals surface area contributed by atoms with Crippen LogP contribution >= 0.6 is 0 Å². The average molecular weight is 419 g/mol. The average Bonchev–Trinajstić information content (AvgIpc) is 2.75. The van der Waals surface area contributed by atoms with Gasteiger partial charge in [-0.15, -0.1) is 0 Å². The van der Waals surface area contributed by atoms with Crippen molar-refractivity contribution in [2.24, 2.45) is 0 Å². The zero-order valence-electron chi connectivity index (χ0n) is 16.4. The summed E-state index contributed by atoms with van der Waals surface area (Å²) < 4.78 is 33.8. The molecule has 2 aromatic rings. The Bertz CT molecular complexity index is 899. The van der Waals surface area contributed by atoms with E-state index in [1.165, 1.54) is 11.4 Å². The van der Waals surface area contributed by atoms with Crippen molar-refractivity contribution in [1.29, 1.82) is 0 Å². The van der Waals surface area contributed by atoms with Gasteiger partial charge in [-0.2, -0.15) is 17.4 Å². The predicted octanol–water partition coefficient (Wildman–Crippen LogP) is 1.53. The van der Waals surface area contributed by atoms with Gasteiger partial charge in [0.2, 0.25) is 5.91 Å². The number of aromatic nitrogens is 1. The lowest BCUT2D eigenvalue weighted by atomic mass is 9.72. The molecule has 1 aliphatic heterocycles. The van der Waals surface area contributed by atoms with Crippen molar-refractivity contribution in [2.75, 3.05) is 38.7 Å². The molecule has 2 heterocycles. The fraction of sp³-hybridized carbons (Fsp3) is 0.400. The summed E-state index contributed by atoms with van der Waals surface area (Å²) in [7, 11) is -2.10. The number of carbonyl (C=O) groups excluding carboxylic acids is 1. The van der Waals surface area contributed by atoms with Crippen LogP contribution in [0.1, 0.15) is 18.4 Å². The quantitative estimate of drug-likeness (QED) is 0.634. The minimum Gasteiger partial charge on any atom is -0.383 e. The second-order valence-corrected chi connectivity index (χ2v) is 8.66. The monoisotopic (exact) mass is 418 g/mol. The molecule has 0 radical (unpaired) electrons. The summed E-state index contributed by atoms with van der Waals surface area (Å²) in [6.07, 6.45) is 2.37. The molecule has 1 aromatic carbocycles. The SMILES string of the molecule is COCCNS(=O)(=O)N1CCC(C(=O)Nc2ccccn2)(c2ccccc2)CC1. The molecule has 1 amide bonds. The highest BCUT2D eigenvalue weighted by Gasteiger charge is 2.45. The molecule has 9 heteroatoms. The molecule has 29 heavy (non-hydrogen) atoms. The van der Waals surface area contributed by atoms with Gasteiger partial charge in [0.1, 0.15) is 5.82 Å². The van der Waals surface area contributed by atoms with Gasteiger partial charge < -0.3 is 10.1 Å². The number of pyridine rings is 1. The van der Waals surface area contributed by atoms with Crippen LogP contribution in [0.2, 0.25) is 0 Å². The van der Waals surface area contributed by atoms with Gasteiger partial charge >= 0.3 is 0 Å². The van der Waals surface area contributed by atoms with E-state index in [2.05, 4.69) is 15.0 Å². The molecule has 0 atom stereocenters. The Labute approximate surface area is 171 Å². The van der Waals surface area contributed by atoms with E-state index in [1.54, 1.807) is 24.4 Å². The number of amides is 1. The molecular weight excluding hydrogens is 392 g/mol. The van der Waals surface area contributed by atoms with Crippen molar-refractivity contribution in [3.05, 3.63) is 60.3 Å². The summed E-state index contributed by atoms with van der Waals surface area (Å²) in [4.78, 5) is 17.5. The lowest BCUT2D eigenvalue weighted by Gasteiger charge is -2.40. The Morgan fingerprint density at radius 1 is 1.14 bits per heavy atom. The van der Waals surface area contributed by atoms with Crippen LogP contribution < -0.4 is 10.0 Å². The third-order valence-corrected chi connectivity index (χ3v) is 6.79. The maximum atomic E-state index is 13.3. The van der Waals surface area contributed by atoms with Crippen LogP contribution in [0.3, 0.4) is 0 Å². The molecule has 0 aliphatic carbocycles. The number of rotatable bonds is 8. The normalized spacial score (nSPS) is 17.0. The number of hydrogen-bond donors (Lipinski definition) is 2. The Morgan fingerprint density at radius 2 is 1.83 bits per heavy atom. The minimum atomic E-state index is -3.61. The minimum absolute atomic E-state index is 0.174. The Kier molecular flexibility index (Phi) is 6.96. The Balaban J connectivity index is 1.79. The first kappa shape index (κ1) is 21.4. The van der Waals surface area contributed by atoms with Gasteiger partial charge in [0.15, 0.2) is 0 Å². The fourth-order valence-corrected chi connectivity index (χ4v) is 4.74. The summed E-state index contributed by atoms with van der Waals surface area (Å²) in [5.41, 5.74) is 0.0509. The molecule has 1 aromatic heterocycles. The number of hydrogen-bond acceptors (Lipinski definition) is 5. The third kappa shape index (κ3) is 4.99. The van der Waals surface area contributed by atoms with Crippen molar-refractivity contribution in [1.82, 2.24) is 14.0 Å². The van der Waals surface area contributed by atoms with Crippen molar-refractivity contribution < 1.29 is 17.9 Å². The Morgan fingerprint density at radius 3 is 2.45 bits per heavy atom. The molecular formula is C20H26N4O4S. The van der Waals surface area contributed by atoms with Crippen LogP contribution in [-0.2, 0) is 25.2 Å². The number of piperidine rings is 1. The number of anilines is 1. The number of nitrogens with one attached hydrogen (secondary N) is 2. The summed E-state index contributed by atoms with van der Waals surface area (Å²) >= 11 is 0. The molecule has 0 saturated carbocycles. The lowest BCUT2D eigenvalue weighted by molar-refractivity contribution is -0.123. The van der Waals surface area contributed by atoms with Gasteiger partial charge in [-0.25, -0.2) is 4.98 Å². The number of methoxy groups -OCH3 is 1. The Hall–Kier alpha value is -2.33. The van der Waals surface area contributed by atoms with Gasteiger partial charge in [0.05, 0.1) is 12.0 Å². The smallest absolute Gasteiger partial charge is 0.279 e. The molecule has 2 N–H and O–H groups in total. The van der Waals surface area contributed by atoms with E-state index in [-0.39, 0.29) is 25.5 Å². The summed E-state index contributed by atoms with van der Waals surface area (Å²) in [6, 6.07) is 14.8. The van der Waals surface area contributed by atoms with Gasteiger partial charge in [-0.1, -0.05) is 36.4 Å². The number of ether oxygens (including phenoxy) is 1. The zero-order chi connectivity index (χ0) is 20.7. The van der Waals surface area contributed by atoms with Crippen LogP contribution in [0.15, 0.2) is 54.7 Å². The highest BCUT2D eigenvalue weighted by molar-refractivity contribution is 7.87. The van der Waals surface area contributed by atoms with Crippen molar-refractivity contribution in [2.45, 2.75) is 18.3 Å². The largest absolute Gasteiger partial charge is 0.383 e. The van der Waals surface area contributed by atoms with E-state index in [4.69, 9.17) is 4.74 Å². The first-order chi connectivity index (χ1) is 14.0. The molecule has 1 aliphatic rings. The molecule has 0 bridgehead atoms. The van der Waals surface area contributed by atoms with Gasteiger partial charge in [0.25, 0.3) is 10.2 Å². The lowest BCUT2D eigenvalue weighted by Crippen LogP contribution is -2.53. The topological polar surface area (TPSA) is 101 Å². The predicted molar refractivity (Wildman–Crippen MR) is 111 cm³/mol. The van der Waals surface area contributed by atoms with E-state index in [0.717, 1.165) is 5.56 Å². The summed E-state index contributed by atoms with van der Waals surface area (Å²) in [5.74, 6) is 0.302. The highest BCUT2D eigenvalue weighted by atomic mass is 32.2. The highest BCUT2D eigenvalue weighted by Crippen LogP contribution is 2.37. The van der Waals surface area contributed by atoms with Gasteiger partial charge in [-0.05, 0) is 30.5 Å². The molecule has 3 rings (SSSR count). The van der Waals surface area contributed by atoms with E-state index in [1.807, 2.05) is 30.3 Å². The maximum Gasteiger partial charge on any atom is 0.279 e. The second-order valence-electron chi connectivity index (χ2n) is 6.91. The molecule has 156 valence electrons. The standard InChI is InChI=1S/C20H26N4O4S/c1-28-16-13-22-29(26,27)24-14-10-20(11-15-24,17-7-3-2-4-8-17)19(25)23-18-9-5-6-12-21-18/h2-9,12,22H,10-11,13-16H2,1H3,(H,21,23,25). The first-order valence-corrected chi connectivity index (χ1v) is 10.9. The van der Waals surface area contributed by atoms with Crippen LogP contribution in [0.4, 0.5) is 5.82 Å². The maximum absolute atomic E-state index is 13.3. The molecule has 0 spiro atoms. The summed E-state index contributed by atoms with van der Waals surface area (Å²) in [6.45, 7) is 0.993. The molecule has 0 unspecified atom stereocenters. The van der Waals surface area contributed by atoms with E-state index < -0.39 is 15.6 Å². The fourth-order valence-electron chi connectivity index (χ4n) is 3.55. The number of carbonyl (C=O) groups is 1. The second kappa shape index (κ2) is 9.45. The van der Waals surface area contributed by atoms with Gasteiger partial charge in [-0.3, -0.25) is 4.79 Å². The summed E-state index contributed by atoms with van der Waals surface area (Å²) in [5, 5.41) is 2.90. The third-order valence-electron chi connectivity index (χ3n) is 5.17. The number of benzene rings is 1. The van der Waals surface area contributed by atoms with Gasteiger partial charge in [0, 0.05) is 32.9 Å². The van der Waals surface area contributed by atoms with Crippen molar-refractivity contribution in [3.63, 3.8) is 0 Å². The van der Waals surface area contributed by atoms with E-state index >= 15 is 0 Å². The first-order valence-electron chi connectivity index (χ1n) is 9.50. The van der Waals surface area contributed by atoms with Crippen molar-refractivity contribution in [3.8, 4) is 0 Å². The van der Waals surface area contributed by atoms with Crippen LogP contribution in [0, 0.1) is 0 Å². The molecule has 8 nitrogen and oxygen atoms in total. The molecule has 1 saturated heterocycles. The molecule has 1 fully saturated rings.